The summed E-state index contributed by atoms with van der Waals surface area (Å²) >= 11 is 0. The average molecular weight is 159 g/mol. The van der Waals surface area contributed by atoms with E-state index in [2.05, 4.69) is 16.6 Å². The molecule has 64 valence electrons. The van der Waals surface area contributed by atoms with Crippen LogP contribution in [0.5, 0.6) is 0 Å². The van der Waals surface area contributed by atoms with Crippen LogP contribution < -0.4 is 5.32 Å². The number of rotatable bonds is 6. The standard InChI is InChI=1S/C7H13NO3/c1-2-5-11-7(10)6-8-3-4-9/h2,8-9H,1,3-6H2. The van der Waals surface area contributed by atoms with Crippen LogP contribution in [0.15, 0.2) is 12.7 Å². The Hall–Kier alpha value is -0.870. The van der Waals surface area contributed by atoms with Gasteiger partial charge in [-0.1, -0.05) is 12.7 Å². The molecule has 0 aromatic rings. The Morgan fingerprint density at radius 1 is 1.73 bits per heavy atom. The quantitative estimate of drug-likeness (QED) is 0.305. The SMILES string of the molecule is C=CCOC(=O)CNCCO. The first-order valence-corrected chi connectivity index (χ1v) is 3.39. The summed E-state index contributed by atoms with van der Waals surface area (Å²) in [6.07, 6.45) is 1.50. The van der Waals surface area contributed by atoms with Crippen LogP contribution in [0.3, 0.4) is 0 Å². The molecular formula is C7H13NO3. The van der Waals surface area contributed by atoms with Crippen molar-refractivity contribution in [3.8, 4) is 0 Å². The number of nitrogens with one attached hydrogen (secondary N) is 1. The van der Waals surface area contributed by atoms with Crippen LogP contribution in [0.4, 0.5) is 0 Å². The number of hydrogen-bond donors (Lipinski definition) is 2. The summed E-state index contributed by atoms with van der Waals surface area (Å²) in [6, 6.07) is 0. The molecule has 0 fully saturated rings. The molecule has 2 N–H and O–H groups in total. The first-order chi connectivity index (χ1) is 5.31. The minimum atomic E-state index is -0.335. The van der Waals surface area contributed by atoms with Gasteiger partial charge in [-0.2, -0.15) is 0 Å². The number of hydrogen-bond acceptors (Lipinski definition) is 4. The van der Waals surface area contributed by atoms with E-state index < -0.39 is 0 Å². The molecule has 0 amide bonds. The molecule has 0 rings (SSSR count). The van der Waals surface area contributed by atoms with Gasteiger partial charge in [0.15, 0.2) is 0 Å². The second-order valence-electron chi connectivity index (χ2n) is 1.87. The number of esters is 1. The van der Waals surface area contributed by atoms with Crippen molar-refractivity contribution < 1.29 is 14.6 Å². The summed E-state index contributed by atoms with van der Waals surface area (Å²) in [5.74, 6) is -0.335. The van der Waals surface area contributed by atoms with E-state index in [1.165, 1.54) is 6.08 Å². The van der Waals surface area contributed by atoms with Gasteiger partial charge in [0, 0.05) is 6.54 Å². The predicted octanol–water partition coefficient (Wildman–Crippen LogP) is -0.702. The highest BCUT2D eigenvalue weighted by Gasteiger charge is 1.98. The van der Waals surface area contributed by atoms with Crippen molar-refractivity contribution in [3.63, 3.8) is 0 Å². The molecule has 0 aliphatic rings. The van der Waals surface area contributed by atoms with E-state index >= 15 is 0 Å². The largest absolute Gasteiger partial charge is 0.461 e. The van der Waals surface area contributed by atoms with Crippen LogP contribution in [0.2, 0.25) is 0 Å². The van der Waals surface area contributed by atoms with E-state index in [1.54, 1.807) is 0 Å². The van der Waals surface area contributed by atoms with E-state index in [0.717, 1.165) is 0 Å². The Kier molecular flexibility index (Phi) is 6.67. The summed E-state index contributed by atoms with van der Waals surface area (Å²) < 4.78 is 4.64. The molecule has 0 atom stereocenters. The summed E-state index contributed by atoms with van der Waals surface area (Å²) in [5, 5.41) is 11.0. The van der Waals surface area contributed by atoms with E-state index in [-0.39, 0.29) is 25.7 Å². The minimum Gasteiger partial charge on any atom is -0.461 e. The van der Waals surface area contributed by atoms with Gasteiger partial charge >= 0.3 is 5.97 Å². The predicted molar refractivity (Wildman–Crippen MR) is 41.1 cm³/mol. The molecular weight excluding hydrogens is 146 g/mol. The molecule has 0 heterocycles. The number of ether oxygens (including phenoxy) is 1. The molecule has 0 bridgehead atoms. The number of carbonyl (C=O) groups is 1. The summed E-state index contributed by atoms with van der Waals surface area (Å²) in [6.45, 7) is 4.19. The number of aliphatic hydroxyl groups excluding tert-OH is 1. The second kappa shape index (κ2) is 7.24. The zero-order valence-electron chi connectivity index (χ0n) is 6.38. The van der Waals surface area contributed by atoms with Crippen LogP contribution in [0.1, 0.15) is 0 Å². The Balaban J connectivity index is 3.15. The molecule has 0 aliphatic carbocycles. The third-order valence-corrected chi connectivity index (χ3v) is 0.920. The van der Waals surface area contributed by atoms with Gasteiger partial charge < -0.3 is 15.2 Å². The van der Waals surface area contributed by atoms with Gasteiger partial charge in [0.05, 0.1) is 13.2 Å². The monoisotopic (exact) mass is 159 g/mol. The van der Waals surface area contributed by atoms with Gasteiger partial charge in [-0.15, -0.1) is 0 Å². The minimum absolute atomic E-state index is 0.0226. The lowest BCUT2D eigenvalue weighted by molar-refractivity contribution is -0.141. The van der Waals surface area contributed by atoms with Crippen molar-refractivity contribution in [2.45, 2.75) is 0 Å². The fourth-order valence-corrected chi connectivity index (χ4v) is 0.472. The van der Waals surface area contributed by atoms with Crippen molar-refractivity contribution in [3.05, 3.63) is 12.7 Å². The Morgan fingerprint density at radius 2 is 2.45 bits per heavy atom. The van der Waals surface area contributed by atoms with Gasteiger partial charge in [0.2, 0.25) is 0 Å². The van der Waals surface area contributed by atoms with Crippen LogP contribution in [0.25, 0.3) is 0 Å². The molecule has 0 saturated carbocycles. The molecule has 0 spiro atoms. The first-order valence-electron chi connectivity index (χ1n) is 3.39. The number of aliphatic hydroxyl groups is 1. The van der Waals surface area contributed by atoms with Gasteiger partial charge in [-0.3, -0.25) is 4.79 Å². The van der Waals surface area contributed by atoms with Crippen molar-refractivity contribution >= 4 is 5.97 Å². The zero-order chi connectivity index (χ0) is 8.53. The Labute approximate surface area is 65.9 Å². The summed E-state index contributed by atoms with van der Waals surface area (Å²) in [5.41, 5.74) is 0. The topological polar surface area (TPSA) is 58.6 Å². The van der Waals surface area contributed by atoms with Crippen LogP contribution in [0, 0.1) is 0 Å². The van der Waals surface area contributed by atoms with Gasteiger partial charge in [-0.25, -0.2) is 0 Å². The molecule has 11 heavy (non-hydrogen) atoms. The molecule has 0 aromatic carbocycles. The molecule has 0 aromatic heterocycles. The van der Waals surface area contributed by atoms with Crippen molar-refractivity contribution in [1.29, 1.82) is 0 Å². The van der Waals surface area contributed by atoms with Crippen LogP contribution >= 0.6 is 0 Å². The number of carbonyl (C=O) groups excluding carboxylic acids is 1. The molecule has 0 radical (unpaired) electrons. The van der Waals surface area contributed by atoms with E-state index in [1.807, 2.05) is 0 Å². The summed E-state index contributed by atoms with van der Waals surface area (Å²) in [4.78, 5) is 10.7. The lowest BCUT2D eigenvalue weighted by Crippen LogP contribution is -2.27. The van der Waals surface area contributed by atoms with Gasteiger partial charge in [0.25, 0.3) is 0 Å². The van der Waals surface area contributed by atoms with E-state index in [9.17, 15) is 4.79 Å². The molecule has 0 saturated heterocycles. The fourth-order valence-electron chi connectivity index (χ4n) is 0.472. The Morgan fingerprint density at radius 3 is 3.00 bits per heavy atom. The van der Waals surface area contributed by atoms with E-state index in [4.69, 9.17) is 5.11 Å². The maximum absolute atomic E-state index is 10.7. The van der Waals surface area contributed by atoms with Crippen molar-refractivity contribution in [2.75, 3.05) is 26.3 Å². The summed E-state index contributed by atoms with van der Waals surface area (Å²) in [7, 11) is 0. The normalized spacial score (nSPS) is 9.18. The van der Waals surface area contributed by atoms with Crippen LogP contribution in [-0.4, -0.2) is 37.4 Å². The highest BCUT2D eigenvalue weighted by Crippen LogP contribution is 1.76. The highest BCUT2D eigenvalue weighted by molar-refractivity contribution is 5.71. The van der Waals surface area contributed by atoms with Crippen LogP contribution in [-0.2, 0) is 9.53 Å². The fraction of sp³-hybridized carbons (Fsp3) is 0.571. The lowest BCUT2D eigenvalue weighted by Gasteiger charge is -2.01. The third-order valence-electron chi connectivity index (χ3n) is 0.920. The third kappa shape index (κ3) is 7.02. The van der Waals surface area contributed by atoms with Crippen molar-refractivity contribution in [2.24, 2.45) is 0 Å². The van der Waals surface area contributed by atoms with Gasteiger partial charge in [0.1, 0.15) is 6.61 Å². The molecule has 0 unspecified atom stereocenters. The first kappa shape index (κ1) is 10.1. The van der Waals surface area contributed by atoms with Crippen molar-refractivity contribution in [1.82, 2.24) is 5.32 Å². The van der Waals surface area contributed by atoms with Gasteiger partial charge in [-0.05, 0) is 0 Å². The zero-order valence-corrected chi connectivity index (χ0v) is 6.38. The molecule has 4 nitrogen and oxygen atoms in total. The maximum Gasteiger partial charge on any atom is 0.320 e. The highest BCUT2D eigenvalue weighted by atomic mass is 16.5. The van der Waals surface area contributed by atoms with E-state index in [0.29, 0.717) is 6.54 Å². The maximum atomic E-state index is 10.7. The Bertz CT molecular complexity index is 125. The molecule has 4 heteroatoms. The lowest BCUT2D eigenvalue weighted by atomic mass is 10.6. The molecule has 0 aliphatic heterocycles. The second-order valence-corrected chi connectivity index (χ2v) is 1.87. The average Bonchev–Trinajstić information content (AvgIpc) is 2.01. The smallest absolute Gasteiger partial charge is 0.320 e.